The van der Waals surface area contributed by atoms with E-state index in [1.165, 1.54) is 11.3 Å². The van der Waals surface area contributed by atoms with Crippen LogP contribution < -0.4 is 11.1 Å². The molecule has 0 aromatic carbocycles. The molecule has 100 valence electrons. The van der Waals surface area contributed by atoms with E-state index in [4.69, 9.17) is 10.9 Å². The van der Waals surface area contributed by atoms with Gasteiger partial charge in [-0.15, -0.1) is 11.3 Å². The van der Waals surface area contributed by atoms with Gasteiger partial charge in [0.2, 0.25) is 0 Å². The van der Waals surface area contributed by atoms with Crippen LogP contribution in [0.1, 0.15) is 24.2 Å². The number of carbonyl (C=O) groups excluding carboxylic acids is 1. The molecule has 1 aromatic heterocycles. The Bertz CT molecular complexity index is 474. The molecule has 0 bridgehead atoms. The molecule has 1 rings (SSSR count). The number of nitrogens with zero attached hydrogens (tertiary/aromatic N) is 1. The van der Waals surface area contributed by atoms with E-state index in [1.54, 1.807) is 6.07 Å². The van der Waals surface area contributed by atoms with Crippen molar-refractivity contribution in [2.75, 3.05) is 0 Å². The molecular formula is C10H13Br2N3O2S. The summed E-state index contributed by atoms with van der Waals surface area (Å²) >= 11 is 8.03. The van der Waals surface area contributed by atoms with Crippen LogP contribution in [0.4, 0.5) is 0 Å². The van der Waals surface area contributed by atoms with Crippen LogP contribution in [-0.4, -0.2) is 23.0 Å². The number of thiophene rings is 1. The fraction of sp³-hybridized carbons (Fsp3) is 0.400. The van der Waals surface area contributed by atoms with Crippen LogP contribution in [0.3, 0.4) is 0 Å². The summed E-state index contributed by atoms with van der Waals surface area (Å²) in [6, 6.07) is 1.21. The molecule has 0 radical (unpaired) electrons. The van der Waals surface area contributed by atoms with E-state index < -0.39 is 6.04 Å². The minimum atomic E-state index is -0.506. The third kappa shape index (κ3) is 3.69. The lowest BCUT2D eigenvalue weighted by Crippen LogP contribution is -2.47. The molecule has 0 saturated heterocycles. The van der Waals surface area contributed by atoms with Crippen LogP contribution >= 0.6 is 43.2 Å². The van der Waals surface area contributed by atoms with Crippen LogP contribution in [0.25, 0.3) is 0 Å². The van der Waals surface area contributed by atoms with Crippen LogP contribution in [0.2, 0.25) is 0 Å². The SMILES string of the molecule is CC(C)C(NC(=O)c1cc(Br)sc1Br)/C(N)=N/O. The largest absolute Gasteiger partial charge is 0.409 e. The van der Waals surface area contributed by atoms with Crippen LogP contribution in [0.15, 0.2) is 18.8 Å². The first-order valence-corrected chi connectivity index (χ1v) is 7.50. The van der Waals surface area contributed by atoms with Crippen LogP contribution in [0, 0.1) is 5.92 Å². The maximum atomic E-state index is 12.1. The van der Waals surface area contributed by atoms with Crippen molar-refractivity contribution in [1.29, 1.82) is 0 Å². The van der Waals surface area contributed by atoms with E-state index in [2.05, 4.69) is 42.3 Å². The molecule has 0 fully saturated rings. The first-order valence-electron chi connectivity index (χ1n) is 5.10. The maximum Gasteiger partial charge on any atom is 0.253 e. The van der Waals surface area contributed by atoms with Gasteiger partial charge in [-0.1, -0.05) is 19.0 Å². The minimum Gasteiger partial charge on any atom is -0.409 e. The molecule has 4 N–H and O–H groups in total. The van der Waals surface area contributed by atoms with Gasteiger partial charge in [-0.25, -0.2) is 0 Å². The number of halogens is 2. The quantitative estimate of drug-likeness (QED) is 0.315. The van der Waals surface area contributed by atoms with Gasteiger partial charge < -0.3 is 16.3 Å². The molecule has 1 aromatic rings. The average Bonchev–Trinajstić information content (AvgIpc) is 2.63. The van der Waals surface area contributed by atoms with Crippen molar-refractivity contribution < 1.29 is 10.0 Å². The summed E-state index contributed by atoms with van der Waals surface area (Å²) in [6.07, 6.45) is 0. The topological polar surface area (TPSA) is 87.7 Å². The number of nitrogens with one attached hydrogen (secondary N) is 1. The highest BCUT2D eigenvalue weighted by Crippen LogP contribution is 2.31. The van der Waals surface area contributed by atoms with Gasteiger partial charge in [-0.05, 0) is 43.8 Å². The van der Waals surface area contributed by atoms with Crippen molar-refractivity contribution in [2.24, 2.45) is 16.8 Å². The minimum absolute atomic E-state index is 0.0104. The second kappa shape index (κ2) is 6.53. The van der Waals surface area contributed by atoms with E-state index in [1.807, 2.05) is 13.8 Å². The smallest absolute Gasteiger partial charge is 0.253 e. The number of rotatable bonds is 4. The Kier molecular flexibility index (Phi) is 5.61. The molecule has 0 aliphatic carbocycles. The zero-order chi connectivity index (χ0) is 13.9. The first kappa shape index (κ1) is 15.5. The van der Waals surface area contributed by atoms with Gasteiger partial charge in [0, 0.05) is 0 Å². The summed E-state index contributed by atoms with van der Waals surface area (Å²) < 4.78 is 1.58. The molecular weight excluding hydrogens is 386 g/mol. The molecule has 0 aliphatic rings. The predicted molar refractivity (Wildman–Crippen MR) is 79.2 cm³/mol. The second-order valence-corrected chi connectivity index (χ2v) is 7.71. The van der Waals surface area contributed by atoms with Gasteiger partial charge in [0.1, 0.15) is 0 Å². The lowest BCUT2D eigenvalue weighted by atomic mass is 10.0. The van der Waals surface area contributed by atoms with Crippen LogP contribution in [0.5, 0.6) is 0 Å². The van der Waals surface area contributed by atoms with E-state index in [0.717, 1.165) is 7.57 Å². The van der Waals surface area contributed by atoms with Crippen molar-refractivity contribution >= 4 is 54.9 Å². The number of nitrogens with two attached hydrogens (primary N) is 1. The number of amides is 1. The summed E-state index contributed by atoms with van der Waals surface area (Å²) in [6.45, 7) is 3.75. The fourth-order valence-electron chi connectivity index (χ4n) is 1.36. The Morgan fingerprint density at radius 1 is 1.56 bits per heavy atom. The summed E-state index contributed by atoms with van der Waals surface area (Å²) in [5.74, 6) is -0.261. The number of hydrogen-bond acceptors (Lipinski definition) is 4. The zero-order valence-electron chi connectivity index (χ0n) is 9.78. The lowest BCUT2D eigenvalue weighted by molar-refractivity contribution is 0.0938. The second-order valence-electron chi connectivity index (χ2n) is 3.96. The lowest BCUT2D eigenvalue weighted by Gasteiger charge is -2.20. The Balaban J connectivity index is 2.89. The van der Waals surface area contributed by atoms with Gasteiger partial charge in [0.05, 0.1) is 19.2 Å². The number of carbonyl (C=O) groups is 1. The standard InChI is InChI=1S/C10H13Br2N3O2S/c1-4(2)7(9(13)15-17)14-10(16)5-3-6(11)18-8(5)12/h3-4,7,17H,1-2H3,(H2,13,15)(H,14,16). The molecule has 1 amide bonds. The third-order valence-corrected chi connectivity index (χ3v) is 4.63. The van der Waals surface area contributed by atoms with E-state index in [0.29, 0.717) is 5.56 Å². The normalized spacial score (nSPS) is 13.7. The summed E-state index contributed by atoms with van der Waals surface area (Å²) in [7, 11) is 0. The van der Waals surface area contributed by atoms with Gasteiger partial charge in [-0.2, -0.15) is 0 Å². The van der Waals surface area contributed by atoms with Crippen molar-refractivity contribution in [3.05, 3.63) is 19.2 Å². The molecule has 18 heavy (non-hydrogen) atoms. The Labute approximate surface area is 126 Å². The number of hydrogen-bond donors (Lipinski definition) is 3. The van der Waals surface area contributed by atoms with E-state index in [-0.39, 0.29) is 17.7 Å². The monoisotopic (exact) mass is 397 g/mol. The maximum absolute atomic E-state index is 12.1. The molecule has 1 unspecified atom stereocenters. The average molecular weight is 399 g/mol. The summed E-state index contributed by atoms with van der Waals surface area (Å²) in [5.41, 5.74) is 6.07. The molecule has 0 aliphatic heterocycles. The number of oxime groups is 1. The fourth-order valence-corrected chi connectivity index (χ4v) is 4.15. The van der Waals surface area contributed by atoms with E-state index in [9.17, 15) is 4.79 Å². The van der Waals surface area contributed by atoms with Crippen molar-refractivity contribution in [3.8, 4) is 0 Å². The molecule has 5 nitrogen and oxygen atoms in total. The Morgan fingerprint density at radius 2 is 2.17 bits per heavy atom. The summed E-state index contributed by atoms with van der Waals surface area (Å²) in [4.78, 5) is 12.1. The highest BCUT2D eigenvalue weighted by atomic mass is 79.9. The highest BCUT2D eigenvalue weighted by molar-refractivity contribution is 9.12. The first-order chi connectivity index (χ1) is 8.36. The van der Waals surface area contributed by atoms with Crippen LogP contribution in [-0.2, 0) is 0 Å². The van der Waals surface area contributed by atoms with Crippen molar-refractivity contribution in [3.63, 3.8) is 0 Å². The van der Waals surface area contributed by atoms with Crippen molar-refractivity contribution in [2.45, 2.75) is 19.9 Å². The van der Waals surface area contributed by atoms with E-state index >= 15 is 0 Å². The van der Waals surface area contributed by atoms with Gasteiger partial charge in [-0.3, -0.25) is 4.79 Å². The number of amidine groups is 1. The third-order valence-electron chi connectivity index (χ3n) is 2.29. The van der Waals surface area contributed by atoms with Crippen molar-refractivity contribution in [1.82, 2.24) is 5.32 Å². The molecule has 1 atom stereocenters. The van der Waals surface area contributed by atoms with Gasteiger partial charge >= 0.3 is 0 Å². The van der Waals surface area contributed by atoms with Gasteiger partial charge in [0.15, 0.2) is 5.84 Å². The molecule has 0 saturated carbocycles. The van der Waals surface area contributed by atoms with Gasteiger partial charge in [0.25, 0.3) is 5.91 Å². The molecule has 0 spiro atoms. The molecule has 8 heteroatoms. The predicted octanol–water partition coefficient (Wildman–Crippen LogP) is 2.77. The zero-order valence-corrected chi connectivity index (χ0v) is 13.8. The molecule has 1 heterocycles. The Morgan fingerprint density at radius 3 is 2.56 bits per heavy atom. The summed E-state index contributed by atoms with van der Waals surface area (Å²) in [5, 5.41) is 14.4. The highest BCUT2D eigenvalue weighted by Gasteiger charge is 2.23. The Hall–Kier alpha value is -0.600.